The Morgan fingerprint density at radius 3 is 2.41 bits per heavy atom. The predicted octanol–water partition coefficient (Wildman–Crippen LogP) is 6.16. The second-order valence-electron chi connectivity index (χ2n) is 12.0. The number of anilines is 1. The fourth-order valence-corrected chi connectivity index (χ4v) is 7.14. The molecule has 266 valence electrons. The van der Waals surface area contributed by atoms with E-state index in [0.29, 0.717) is 29.4 Å². The summed E-state index contributed by atoms with van der Waals surface area (Å²) in [7, 11) is 6.40. The van der Waals surface area contributed by atoms with Crippen molar-refractivity contribution in [2.24, 2.45) is 0 Å². The molecule has 2 aromatic carbocycles. The number of ether oxygens (including phenoxy) is 4. The van der Waals surface area contributed by atoms with Gasteiger partial charge in [-0.05, 0) is 61.6 Å². The van der Waals surface area contributed by atoms with Gasteiger partial charge in [0.15, 0.2) is 11.5 Å². The number of benzene rings is 2. The average Bonchev–Trinajstić information content (AvgIpc) is 3.70. The number of carbonyl (C=O) groups excluding carboxylic acids is 1. The lowest BCUT2D eigenvalue weighted by Gasteiger charge is -2.27. The van der Waals surface area contributed by atoms with Crippen molar-refractivity contribution in [2.45, 2.75) is 31.5 Å². The van der Waals surface area contributed by atoms with Crippen molar-refractivity contribution in [3.8, 4) is 17.2 Å². The van der Waals surface area contributed by atoms with Crippen LogP contribution in [0.3, 0.4) is 0 Å². The number of aromatic nitrogens is 2. The van der Waals surface area contributed by atoms with Crippen LogP contribution in [0.15, 0.2) is 53.9 Å². The standard InChI is InChI=1S/C35H44F3N5O5S/c1-40(33(44)26-21-29(45-2)32(47-4)30(22-26)46-3)23-25(31-11-7-20-49-31)12-15-41-13-8-14-42(17-16-41)34-39-27-9-5-6-10-28(27)43(34)18-19-48-24-35(36,37)38/h5-7,9-11,20-22,25H,8,12-19,23-24H2,1-4H3. The Kier molecular flexibility index (Phi) is 12.3. The summed E-state index contributed by atoms with van der Waals surface area (Å²) >= 11 is 1.69. The summed E-state index contributed by atoms with van der Waals surface area (Å²) < 4.78 is 61.3. The summed E-state index contributed by atoms with van der Waals surface area (Å²) in [6.45, 7) is 3.56. The van der Waals surface area contributed by atoms with E-state index >= 15 is 0 Å². The number of fused-ring (bicyclic) bond motifs is 1. The first-order chi connectivity index (χ1) is 23.6. The largest absolute Gasteiger partial charge is 0.493 e. The minimum atomic E-state index is -4.36. The van der Waals surface area contributed by atoms with Gasteiger partial charge in [-0.2, -0.15) is 13.2 Å². The molecule has 1 atom stereocenters. The molecule has 1 fully saturated rings. The fraction of sp³-hybridized carbons (Fsp3) is 0.486. The number of thiophene rings is 1. The van der Waals surface area contributed by atoms with Crippen molar-refractivity contribution in [2.75, 3.05) is 85.8 Å². The molecule has 1 amide bonds. The van der Waals surface area contributed by atoms with Crippen molar-refractivity contribution in [1.29, 1.82) is 0 Å². The topological polar surface area (TPSA) is 81.5 Å². The average molecular weight is 704 g/mol. The Bertz CT molecular complexity index is 1640. The number of para-hydroxylation sites is 2. The molecule has 2 aromatic heterocycles. The maximum atomic E-state index is 13.6. The normalized spacial score (nSPS) is 14.9. The lowest BCUT2D eigenvalue weighted by Crippen LogP contribution is -2.35. The second kappa shape index (κ2) is 16.6. The van der Waals surface area contributed by atoms with Gasteiger partial charge in [0.2, 0.25) is 11.7 Å². The van der Waals surface area contributed by atoms with Gasteiger partial charge in [0.1, 0.15) is 6.61 Å². The Morgan fingerprint density at radius 2 is 1.73 bits per heavy atom. The van der Waals surface area contributed by atoms with Gasteiger partial charge < -0.3 is 38.2 Å². The molecule has 1 aliphatic heterocycles. The van der Waals surface area contributed by atoms with Gasteiger partial charge in [-0.15, -0.1) is 11.3 Å². The molecule has 5 rings (SSSR count). The van der Waals surface area contributed by atoms with E-state index in [1.165, 1.54) is 26.2 Å². The fourth-order valence-electron chi connectivity index (χ4n) is 6.29. The first kappa shape index (κ1) is 36.3. The van der Waals surface area contributed by atoms with Gasteiger partial charge in [0, 0.05) is 56.1 Å². The van der Waals surface area contributed by atoms with Gasteiger partial charge >= 0.3 is 6.18 Å². The Balaban J connectivity index is 1.23. The van der Waals surface area contributed by atoms with Gasteiger partial charge in [-0.25, -0.2) is 4.98 Å². The monoisotopic (exact) mass is 703 g/mol. The molecule has 0 spiro atoms. The first-order valence-corrected chi connectivity index (χ1v) is 17.2. The molecule has 0 N–H and O–H groups in total. The van der Waals surface area contributed by atoms with E-state index in [2.05, 4.69) is 21.2 Å². The van der Waals surface area contributed by atoms with Crippen molar-refractivity contribution in [3.05, 3.63) is 64.4 Å². The minimum absolute atomic E-state index is 0.0621. The van der Waals surface area contributed by atoms with Crippen LogP contribution in [0.5, 0.6) is 17.2 Å². The minimum Gasteiger partial charge on any atom is -0.493 e. The molecular formula is C35H44F3N5O5S. The van der Waals surface area contributed by atoms with Crippen molar-refractivity contribution < 1.29 is 36.9 Å². The predicted molar refractivity (Wildman–Crippen MR) is 185 cm³/mol. The molecule has 49 heavy (non-hydrogen) atoms. The quantitative estimate of drug-likeness (QED) is 0.136. The summed E-state index contributed by atoms with van der Waals surface area (Å²) in [6, 6.07) is 15.2. The highest BCUT2D eigenvalue weighted by Crippen LogP contribution is 2.38. The van der Waals surface area contributed by atoms with Crippen LogP contribution in [0.4, 0.5) is 19.1 Å². The molecule has 1 unspecified atom stereocenters. The number of likely N-dealkylation sites (N-methyl/N-ethyl adjacent to an activating group) is 1. The zero-order valence-corrected chi connectivity index (χ0v) is 29.2. The van der Waals surface area contributed by atoms with Gasteiger partial charge in [-0.1, -0.05) is 18.2 Å². The van der Waals surface area contributed by atoms with E-state index in [0.717, 1.165) is 62.5 Å². The molecule has 0 aliphatic carbocycles. The summed E-state index contributed by atoms with van der Waals surface area (Å²) in [6.07, 6.45) is -2.58. The van der Waals surface area contributed by atoms with Gasteiger partial charge in [0.25, 0.3) is 5.91 Å². The van der Waals surface area contributed by atoms with Crippen molar-refractivity contribution in [1.82, 2.24) is 19.4 Å². The maximum absolute atomic E-state index is 13.6. The number of amides is 1. The van der Waals surface area contributed by atoms with E-state index in [1.807, 2.05) is 41.9 Å². The number of nitrogens with zero attached hydrogens (tertiary/aromatic N) is 5. The molecule has 1 aliphatic rings. The SMILES string of the molecule is COc1cc(C(=O)N(C)CC(CCN2CCCN(c3nc4ccccc4n3CCOCC(F)(F)F)CC2)c2cccs2)cc(OC)c1OC. The third-order valence-corrected chi connectivity index (χ3v) is 9.76. The third-order valence-electron chi connectivity index (χ3n) is 8.72. The summed E-state index contributed by atoms with van der Waals surface area (Å²) in [5, 5.41) is 2.06. The number of carbonyl (C=O) groups is 1. The highest BCUT2D eigenvalue weighted by molar-refractivity contribution is 7.10. The van der Waals surface area contributed by atoms with Crippen LogP contribution in [0.25, 0.3) is 11.0 Å². The van der Waals surface area contributed by atoms with Crippen LogP contribution < -0.4 is 19.1 Å². The van der Waals surface area contributed by atoms with Crippen molar-refractivity contribution in [3.63, 3.8) is 0 Å². The molecule has 14 heteroatoms. The first-order valence-electron chi connectivity index (χ1n) is 16.3. The number of rotatable bonds is 15. The van der Waals surface area contributed by atoms with E-state index in [1.54, 1.807) is 28.4 Å². The summed E-state index contributed by atoms with van der Waals surface area (Å²) in [4.78, 5) is 26.1. The zero-order chi connectivity index (χ0) is 35.0. The van der Waals surface area contributed by atoms with Gasteiger partial charge in [-0.3, -0.25) is 4.79 Å². The van der Waals surface area contributed by atoms with E-state index in [-0.39, 0.29) is 25.0 Å². The molecule has 3 heterocycles. The van der Waals surface area contributed by atoms with Gasteiger partial charge in [0.05, 0.1) is 39.0 Å². The molecule has 0 saturated carbocycles. The third kappa shape index (κ3) is 9.17. The lowest BCUT2D eigenvalue weighted by atomic mass is 10.0. The highest BCUT2D eigenvalue weighted by Gasteiger charge is 2.28. The number of methoxy groups -OCH3 is 3. The molecule has 10 nitrogen and oxygen atoms in total. The number of imidazole rings is 1. The van der Waals surface area contributed by atoms with Crippen LogP contribution in [0, 0.1) is 0 Å². The van der Waals surface area contributed by atoms with Crippen LogP contribution in [0.1, 0.15) is 34.0 Å². The van der Waals surface area contributed by atoms with E-state index < -0.39 is 12.8 Å². The smallest absolute Gasteiger partial charge is 0.411 e. The van der Waals surface area contributed by atoms with Crippen LogP contribution in [-0.2, 0) is 11.3 Å². The number of alkyl halides is 3. The molecule has 0 bridgehead atoms. The Morgan fingerprint density at radius 1 is 0.980 bits per heavy atom. The number of hydrogen-bond donors (Lipinski definition) is 0. The van der Waals surface area contributed by atoms with Crippen molar-refractivity contribution >= 4 is 34.2 Å². The molecular weight excluding hydrogens is 659 g/mol. The molecule has 1 saturated heterocycles. The Hall–Kier alpha value is -4.01. The number of halogens is 3. The second-order valence-corrected chi connectivity index (χ2v) is 13.0. The zero-order valence-electron chi connectivity index (χ0n) is 28.4. The van der Waals surface area contributed by atoms with Crippen LogP contribution in [0.2, 0.25) is 0 Å². The molecule has 0 radical (unpaired) electrons. The van der Waals surface area contributed by atoms with Crippen LogP contribution in [-0.4, -0.2) is 112 Å². The Labute approximate surface area is 288 Å². The van der Waals surface area contributed by atoms with Crippen LogP contribution >= 0.6 is 11.3 Å². The summed E-state index contributed by atoms with van der Waals surface area (Å²) in [5.74, 6) is 2.03. The lowest BCUT2D eigenvalue weighted by molar-refractivity contribution is -0.174. The number of hydrogen-bond acceptors (Lipinski definition) is 9. The summed E-state index contributed by atoms with van der Waals surface area (Å²) in [5.41, 5.74) is 2.13. The molecule has 4 aromatic rings. The maximum Gasteiger partial charge on any atom is 0.411 e. The highest BCUT2D eigenvalue weighted by atomic mass is 32.1. The van der Waals surface area contributed by atoms with E-state index in [4.69, 9.17) is 23.9 Å². The van der Waals surface area contributed by atoms with E-state index in [9.17, 15) is 18.0 Å².